The summed E-state index contributed by atoms with van der Waals surface area (Å²) in [4.78, 5) is 20.2. The third kappa shape index (κ3) is 5.82. The molecule has 4 rings (SSSR count). The van der Waals surface area contributed by atoms with E-state index in [2.05, 4.69) is 4.98 Å². The predicted molar refractivity (Wildman–Crippen MR) is 122 cm³/mol. The van der Waals surface area contributed by atoms with Crippen molar-refractivity contribution in [3.8, 4) is 0 Å². The van der Waals surface area contributed by atoms with Crippen LogP contribution in [0.4, 0.5) is 41.3 Å². The summed E-state index contributed by atoms with van der Waals surface area (Å²) in [6.07, 6.45) is -9.96. The van der Waals surface area contributed by atoms with Gasteiger partial charge in [-0.1, -0.05) is 0 Å². The van der Waals surface area contributed by atoms with E-state index in [-0.39, 0.29) is 18.7 Å². The second-order valence-electron chi connectivity index (χ2n) is 9.28. The minimum absolute atomic E-state index is 0.0169. The molecule has 0 N–H and O–H groups in total. The first-order valence-electron chi connectivity index (χ1n) is 12.0. The van der Waals surface area contributed by atoms with Crippen LogP contribution in [0.15, 0.2) is 30.5 Å². The van der Waals surface area contributed by atoms with Crippen molar-refractivity contribution in [3.63, 3.8) is 0 Å². The Balaban J connectivity index is 1.65. The Morgan fingerprint density at radius 3 is 2.18 bits per heavy atom. The minimum atomic E-state index is -5.04. The Kier molecular flexibility index (Phi) is 7.78. The van der Waals surface area contributed by atoms with Gasteiger partial charge < -0.3 is 14.4 Å². The summed E-state index contributed by atoms with van der Waals surface area (Å²) in [5.41, 5.74) is -3.11. The molecule has 1 aromatic carbocycles. The number of nitrogens with zero attached hydrogens (tertiary/aromatic N) is 3. The second kappa shape index (κ2) is 10.6. The number of ether oxygens (including phenoxy) is 2. The lowest BCUT2D eigenvalue weighted by Gasteiger charge is -2.36. The van der Waals surface area contributed by atoms with Crippen molar-refractivity contribution in [2.45, 2.75) is 63.8 Å². The SMILES string of the molecule is CCN(c1ncc(F)cc1CN1C(=O)O[C@H](c2cc(C(F)(F)F)cc(C(F)(F)F)c2)[C@@H]1C)C1CCOCC1. The molecule has 2 aliphatic heterocycles. The summed E-state index contributed by atoms with van der Waals surface area (Å²) in [5, 5.41) is 0. The lowest BCUT2D eigenvalue weighted by atomic mass is 9.97. The van der Waals surface area contributed by atoms with E-state index in [9.17, 15) is 35.5 Å². The molecule has 38 heavy (non-hydrogen) atoms. The van der Waals surface area contributed by atoms with E-state index in [1.165, 1.54) is 13.0 Å². The van der Waals surface area contributed by atoms with Crippen molar-refractivity contribution in [2.75, 3.05) is 24.7 Å². The third-order valence-electron chi connectivity index (χ3n) is 6.83. The van der Waals surface area contributed by atoms with Crippen LogP contribution in [0.3, 0.4) is 0 Å². The maximum absolute atomic E-state index is 14.2. The van der Waals surface area contributed by atoms with Gasteiger partial charge in [0.05, 0.1) is 29.9 Å². The molecule has 3 heterocycles. The molecule has 208 valence electrons. The van der Waals surface area contributed by atoms with E-state index in [0.717, 1.165) is 11.1 Å². The number of carbonyl (C=O) groups excluding carboxylic acids is 1. The van der Waals surface area contributed by atoms with Crippen LogP contribution < -0.4 is 4.90 Å². The molecular formula is C25H26F7N3O3. The Labute approximate surface area is 214 Å². The summed E-state index contributed by atoms with van der Waals surface area (Å²) in [5.74, 6) is -0.223. The molecule has 0 spiro atoms. The van der Waals surface area contributed by atoms with Crippen LogP contribution in [-0.4, -0.2) is 47.8 Å². The molecule has 0 bridgehead atoms. The van der Waals surface area contributed by atoms with Crippen LogP contribution in [0.2, 0.25) is 0 Å². The Bertz CT molecular complexity index is 1130. The first-order valence-corrected chi connectivity index (χ1v) is 12.0. The van der Waals surface area contributed by atoms with Crippen molar-refractivity contribution >= 4 is 11.9 Å². The Hall–Kier alpha value is -3.09. The highest BCUT2D eigenvalue weighted by Gasteiger charge is 2.43. The number of aromatic nitrogens is 1. The number of benzene rings is 1. The van der Waals surface area contributed by atoms with Gasteiger partial charge in [-0.25, -0.2) is 14.2 Å². The van der Waals surface area contributed by atoms with Crippen molar-refractivity contribution in [2.24, 2.45) is 0 Å². The molecule has 0 radical (unpaired) electrons. The number of hydrogen-bond acceptors (Lipinski definition) is 5. The highest BCUT2D eigenvalue weighted by atomic mass is 19.4. The second-order valence-corrected chi connectivity index (χ2v) is 9.28. The molecule has 13 heteroatoms. The fourth-order valence-electron chi connectivity index (χ4n) is 4.91. The van der Waals surface area contributed by atoms with E-state index in [4.69, 9.17) is 9.47 Å². The summed E-state index contributed by atoms with van der Waals surface area (Å²) in [6, 6.07) is 1.43. The molecule has 1 amide bonds. The highest BCUT2D eigenvalue weighted by molar-refractivity contribution is 5.71. The smallest absolute Gasteiger partial charge is 0.416 e. The number of carbonyl (C=O) groups is 1. The number of alkyl halides is 6. The monoisotopic (exact) mass is 549 g/mol. The van der Waals surface area contributed by atoms with Crippen molar-refractivity contribution < 1.29 is 45.0 Å². The van der Waals surface area contributed by atoms with E-state index in [0.29, 0.717) is 56.1 Å². The number of rotatable bonds is 6. The van der Waals surface area contributed by atoms with Gasteiger partial charge in [0.25, 0.3) is 0 Å². The van der Waals surface area contributed by atoms with E-state index < -0.39 is 53.1 Å². The van der Waals surface area contributed by atoms with Gasteiger partial charge in [-0.2, -0.15) is 26.3 Å². The number of anilines is 1. The average Bonchev–Trinajstić information content (AvgIpc) is 3.13. The number of halogens is 7. The zero-order valence-corrected chi connectivity index (χ0v) is 20.6. The largest absolute Gasteiger partial charge is 0.439 e. The maximum Gasteiger partial charge on any atom is 0.416 e. The number of cyclic esters (lactones) is 1. The third-order valence-corrected chi connectivity index (χ3v) is 6.83. The van der Waals surface area contributed by atoms with Gasteiger partial charge in [-0.05, 0) is 56.5 Å². The number of amides is 1. The van der Waals surface area contributed by atoms with Gasteiger partial charge in [0.2, 0.25) is 0 Å². The quantitative estimate of drug-likeness (QED) is 0.394. The van der Waals surface area contributed by atoms with Crippen molar-refractivity contribution in [1.29, 1.82) is 0 Å². The molecule has 2 fully saturated rings. The van der Waals surface area contributed by atoms with Gasteiger partial charge in [0.15, 0.2) is 0 Å². The van der Waals surface area contributed by atoms with Gasteiger partial charge in [0.1, 0.15) is 17.7 Å². The maximum atomic E-state index is 14.2. The Morgan fingerprint density at radius 2 is 1.63 bits per heavy atom. The average molecular weight is 549 g/mol. The van der Waals surface area contributed by atoms with Crippen molar-refractivity contribution in [3.05, 3.63) is 58.5 Å². The molecule has 2 aliphatic rings. The predicted octanol–water partition coefficient (Wildman–Crippen LogP) is 6.35. The lowest BCUT2D eigenvalue weighted by Crippen LogP contribution is -2.41. The van der Waals surface area contributed by atoms with Crippen LogP contribution in [0, 0.1) is 5.82 Å². The van der Waals surface area contributed by atoms with Gasteiger partial charge >= 0.3 is 18.4 Å². The standard InChI is InChI=1S/C25H26F7N3O3/c1-3-34(20-4-6-37-7-5-20)22-16(10-19(26)12-33-22)13-35-14(2)21(38-23(35)36)15-8-17(24(27,28)29)11-18(9-15)25(30,31)32/h8-12,14,20-21H,3-7,13H2,1-2H3/t14-,21-/m0/s1. The molecule has 1 aromatic heterocycles. The first kappa shape index (κ1) is 27.9. The summed E-state index contributed by atoms with van der Waals surface area (Å²) >= 11 is 0. The fourth-order valence-corrected chi connectivity index (χ4v) is 4.91. The van der Waals surface area contributed by atoms with Gasteiger partial charge in [-0.15, -0.1) is 0 Å². The Morgan fingerprint density at radius 1 is 1.03 bits per heavy atom. The number of hydrogen-bond donors (Lipinski definition) is 0. The lowest BCUT2D eigenvalue weighted by molar-refractivity contribution is -0.143. The first-order chi connectivity index (χ1) is 17.8. The van der Waals surface area contributed by atoms with E-state index in [1.807, 2.05) is 11.8 Å². The zero-order chi connectivity index (χ0) is 27.8. The van der Waals surface area contributed by atoms with Crippen LogP contribution in [0.5, 0.6) is 0 Å². The molecule has 2 atom stereocenters. The molecule has 0 unspecified atom stereocenters. The summed E-state index contributed by atoms with van der Waals surface area (Å²) in [7, 11) is 0. The molecule has 0 saturated carbocycles. The normalized spacial score (nSPS) is 21.1. The molecular weight excluding hydrogens is 523 g/mol. The molecule has 0 aliphatic carbocycles. The van der Waals surface area contributed by atoms with E-state index >= 15 is 0 Å². The van der Waals surface area contributed by atoms with E-state index in [1.54, 1.807) is 0 Å². The van der Waals surface area contributed by atoms with Crippen LogP contribution in [0.25, 0.3) is 0 Å². The number of pyridine rings is 1. The van der Waals surface area contributed by atoms with Gasteiger partial charge in [-0.3, -0.25) is 4.90 Å². The van der Waals surface area contributed by atoms with Crippen LogP contribution in [-0.2, 0) is 28.4 Å². The highest BCUT2D eigenvalue weighted by Crippen LogP contribution is 2.41. The summed E-state index contributed by atoms with van der Waals surface area (Å²) in [6.45, 7) is 4.77. The van der Waals surface area contributed by atoms with Crippen molar-refractivity contribution in [1.82, 2.24) is 9.88 Å². The molecule has 6 nitrogen and oxygen atoms in total. The van der Waals surface area contributed by atoms with Crippen LogP contribution >= 0.6 is 0 Å². The van der Waals surface area contributed by atoms with Crippen LogP contribution in [0.1, 0.15) is 55.0 Å². The fraction of sp³-hybridized carbons (Fsp3) is 0.520. The zero-order valence-electron chi connectivity index (χ0n) is 20.6. The molecule has 2 saturated heterocycles. The summed E-state index contributed by atoms with van der Waals surface area (Å²) < 4.78 is 105. The minimum Gasteiger partial charge on any atom is -0.439 e. The van der Waals surface area contributed by atoms with Gasteiger partial charge in [0, 0.05) is 31.4 Å². The topological polar surface area (TPSA) is 54.9 Å². The molecule has 2 aromatic rings.